The lowest BCUT2D eigenvalue weighted by Crippen LogP contribution is -2.53. The first-order chi connectivity index (χ1) is 13.0. The second-order valence-electron chi connectivity index (χ2n) is 6.81. The van der Waals surface area contributed by atoms with Crippen LogP contribution >= 0.6 is 0 Å². The van der Waals surface area contributed by atoms with Gasteiger partial charge in [-0.3, -0.25) is 4.90 Å². The second-order valence-corrected chi connectivity index (χ2v) is 6.81. The van der Waals surface area contributed by atoms with Gasteiger partial charge in [0.15, 0.2) is 0 Å². The van der Waals surface area contributed by atoms with E-state index < -0.39 is 23.3 Å². The van der Waals surface area contributed by atoms with Crippen LogP contribution < -0.4 is 0 Å². The van der Waals surface area contributed by atoms with Crippen molar-refractivity contribution >= 4 is 0 Å². The van der Waals surface area contributed by atoms with Gasteiger partial charge in [-0.25, -0.2) is 18.4 Å². The first-order valence-electron chi connectivity index (χ1n) is 8.64. The van der Waals surface area contributed by atoms with Gasteiger partial charge in [0, 0.05) is 42.7 Å². The van der Waals surface area contributed by atoms with Crippen LogP contribution in [-0.2, 0) is 25.1 Å². The average Bonchev–Trinajstić information content (AvgIpc) is 3.31. The van der Waals surface area contributed by atoms with Crippen LogP contribution in [0, 0.1) is 11.6 Å². The normalized spacial score (nSPS) is 18.1. The Morgan fingerprint density at radius 2 is 2.22 bits per heavy atom. The highest BCUT2D eigenvalue weighted by molar-refractivity contribution is 5.28. The summed E-state index contributed by atoms with van der Waals surface area (Å²) >= 11 is 0. The molecule has 2 aromatic heterocycles. The van der Waals surface area contributed by atoms with E-state index in [1.807, 2.05) is 11.8 Å². The van der Waals surface area contributed by atoms with Crippen LogP contribution in [0.2, 0.25) is 0 Å². The lowest BCUT2D eigenvalue weighted by atomic mass is 9.84. The summed E-state index contributed by atoms with van der Waals surface area (Å²) in [6, 6.07) is 2.71. The molecule has 0 saturated carbocycles. The van der Waals surface area contributed by atoms with Crippen LogP contribution in [0.5, 0.6) is 0 Å². The molecule has 142 valence electrons. The summed E-state index contributed by atoms with van der Waals surface area (Å²) < 4.78 is 34.7. The Labute approximate surface area is 154 Å². The van der Waals surface area contributed by atoms with Crippen LogP contribution in [0.25, 0.3) is 0 Å². The largest absolute Gasteiger partial charge is 0.381 e. The third-order valence-corrected chi connectivity index (χ3v) is 5.24. The Morgan fingerprint density at radius 3 is 2.96 bits per heavy atom. The number of nitrogens with zero attached hydrogens (tertiary/aromatic N) is 5. The summed E-state index contributed by atoms with van der Waals surface area (Å²) in [7, 11) is 0. The number of hydrogen-bond acceptors (Lipinski definition) is 6. The monoisotopic (exact) mass is 375 g/mol. The number of fused-ring (bicyclic) bond motifs is 1. The van der Waals surface area contributed by atoms with Gasteiger partial charge in [-0.1, -0.05) is 11.2 Å². The van der Waals surface area contributed by atoms with E-state index in [0.717, 1.165) is 23.5 Å². The minimum Gasteiger partial charge on any atom is -0.381 e. The van der Waals surface area contributed by atoms with E-state index >= 15 is 0 Å². The third kappa shape index (κ3) is 3.24. The van der Waals surface area contributed by atoms with Gasteiger partial charge in [-0.15, -0.1) is 0 Å². The minimum absolute atomic E-state index is 0.0167. The van der Waals surface area contributed by atoms with Crippen molar-refractivity contribution in [3.8, 4) is 0 Å². The van der Waals surface area contributed by atoms with Crippen molar-refractivity contribution in [1.29, 1.82) is 0 Å². The van der Waals surface area contributed by atoms with Gasteiger partial charge >= 0.3 is 0 Å². The Bertz CT molecular complexity index is 930. The second kappa shape index (κ2) is 6.82. The molecule has 3 heterocycles. The van der Waals surface area contributed by atoms with Gasteiger partial charge in [-0.2, -0.15) is 5.10 Å². The molecule has 0 unspecified atom stereocenters. The molecule has 1 N–H and O–H groups in total. The predicted molar refractivity (Wildman–Crippen MR) is 90.4 cm³/mol. The van der Waals surface area contributed by atoms with Gasteiger partial charge < -0.3 is 9.63 Å². The van der Waals surface area contributed by atoms with Crippen LogP contribution in [0.3, 0.4) is 0 Å². The molecule has 2 atom stereocenters. The molecule has 9 heteroatoms. The maximum atomic E-state index is 14.6. The smallest absolute Gasteiger partial charge is 0.142 e. The molecular weight excluding hydrogens is 356 g/mol. The highest BCUT2D eigenvalue weighted by Crippen LogP contribution is 2.34. The molecule has 7 nitrogen and oxygen atoms in total. The van der Waals surface area contributed by atoms with Crippen molar-refractivity contribution in [1.82, 2.24) is 24.8 Å². The van der Waals surface area contributed by atoms with Crippen molar-refractivity contribution in [3.63, 3.8) is 0 Å². The highest BCUT2D eigenvalue weighted by atomic mass is 19.1. The Kier molecular flexibility index (Phi) is 4.48. The molecule has 0 saturated heterocycles. The Balaban J connectivity index is 1.71. The zero-order chi connectivity index (χ0) is 19.0. The fourth-order valence-corrected chi connectivity index (χ4v) is 3.64. The molecule has 0 amide bonds. The Hall–Kier alpha value is -2.65. The first kappa shape index (κ1) is 17.7. The summed E-state index contributed by atoms with van der Waals surface area (Å²) in [6.45, 7) is 2.93. The first-order valence-corrected chi connectivity index (χ1v) is 8.64. The molecule has 0 spiro atoms. The number of aromatic nitrogens is 4. The summed E-state index contributed by atoms with van der Waals surface area (Å²) in [6.07, 6.45) is 5.10. The molecule has 0 bridgehead atoms. The number of aliphatic hydroxyl groups is 1. The number of halogens is 2. The van der Waals surface area contributed by atoms with E-state index in [2.05, 4.69) is 15.2 Å². The molecule has 27 heavy (non-hydrogen) atoms. The standard InChI is InChI=1S/C18H19F2N5O2/c1-12(24-5-4-17-13(8-24)7-23-27-17)18(26,9-25-11-21-10-22-25)15-3-2-14(19)6-16(15)20/h2-3,6-7,10-12,26H,4-5,8-9H2,1H3/t12-,18-/m0/s1. The van der Waals surface area contributed by atoms with E-state index in [4.69, 9.17) is 4.52 Å². The molecule has 1 aliphatic rings. The van der Waals surface area contributed by atoms with Crippen molar-refractivity contribution in [2.24, 2.45) is 0 Å². The number of benzene rings is 1. The molecule has 1 aliphatic heterocycles. The van der Waals surface area contributed by atoms with Gasteiger partial charge in [0.25, 0.3) is 0 Å². The molecule has 1 aromatic carbocycles. The van der Waals surface area contributed by atoms with Crippen molar-refractivity contribution in [3.05, 3.63) is 65.6 Å². The van der Waals surface area contributed by atoms with E-state index in [9.17, 15) is 13.9 Å². The van der Waals surface area contributed by atoms with Crippen LogP contribution in [-0.4, -0.2) is 42.5 Å². The van der Waals surface area contributed by atoms with Gasteiger partial charge in [0.2, 0.25) is 0 Å². The lowest BCUT2D eigenvalue weighted by Gasteiger charge is -2.42. The lowest BCUT2D eigenvalue weighted by molar-refractivity contribution is -0.0683. The third-order valence-electron chi connectivity index (χ3n) is 5.24. The van der Waals surface area contributed by atoms with Crippen LogP contribution in [0.4, 0.5) is 8.78 Å². The fraction of sp³-hybridized carbons (Fsp3) is 0.389. The van der Waals surface area contributed by atoms with Crippen molar-refractivity contribution in [2.45, 2.75) is 38.1 Å². The van der Waals surface area contributed by atoms with Crippen molar-refractivity contribution < 1.29 is 18.4 Å². The van der Waals surface area contributed by atoms with Crippen LogP contribution in [0.15, 0.2) is 41.6 Å². The average molecular weight is 375 g/mol. The zero-order valence-corrected chi connectivity index (χ0v) is 14.7. The van der Waals surface area contributed by atoms with Gasteiger partial charge in [0.05, 0.1) is 12.7 Å². The highest BCUT2D eigenvalue weighted by Gasteiger charge is 2.43. The molecule has 0 radical (unpaired) electrons. The predicted octanol–water partition coefficient (Wildman–Crippen LogP) is 1.88. The maximum absolute atomic E-state index is 14.6. The van der Waals surface area contributed by atoms with E-state index in [1.165, 1.54) is 23.4 Å². The molecule has 4 rings (SSSR count). The van der Waals surface area contributed by atoms with E-state index in [1.54, 1.807) is 6.20 Å². The topological polar surface area (TPSA) is 80.2 Å². The van der Waals surface area contributed by atoms with Crippen molar-refractivity contribution in [2.75, 3.05) is 6.54 Å². The van der Waals surface area contributed by atoms with E-state index in [-0.39, 0.29) is 12.1 Å². The van der Waals surface area contributed by atoms with Gasteiger partial charge in [0.1, 0.15) is 35.7 Å². The minimum atomic E-state index is -1.65. The fourth-order valence-electron chi connectivity index (χ4n) is 3.64. The summed E-state index contributed by atoms with van der Waals surface area (Å²) in [4.78, 5) is 5.91. The molecular formula is C18H19F2N5O2. The molecule has 0 aliphatic carbocycles. The van der Waals surface area contributed by atoms with Gasteiger partial charge in [-0.05, 0) is 13.0 Å². The van der Waals surface area contributed by atoms with E-state index in [0.29, 0.717) is 19.5 Å². The molecule has 3 aromatic rings. The SMILES string of the molecule is C[C@H](N1CCc2oncc2C1)[C@@](O)(Cn1cncn1)c1ccc(F)cc1F. The van der Waals surface area contributed by atoms with Crippen LogP contribution in [0.1, 0.15) is 23.8 Å². The summed E-state index contributed by atoms with van der Waals surface area (Å²) in [5.74, 6) is -0.669. The zero-order valence-electron chi connectivity index (χ0n) is 14.7. The summed E-state index contributed by atoms with van der Waals surface area (Å²) in [5.41, 5.74) is -0.695. The molecule has 0 fully saturated rings. The number of rotatable bonds is 5. The Morgan fingerprint density at radius 1 is 1.37 bits per heavy atom. The number of hydrogen-bond donors (Lipinski definition) is 1. The summed E-state index contributed by atoms with van der Waals surface area (Å²) in [5, 5.41) is 19.5. The maximum Gasteiger partial charge on any atom is 0.142 e. The quantitative estimate of drug-likeness (QED) is 0.734.